The molecule has 2 heterocycles. The van der Waals surface area contributed by atoms with Gasteiger partial charge < -0.3 is 10.1 Å². The molecule has 7 heteroatoms. The zero-order valence-corrected chi connectivity index (χ0v) is 10.7. The van der Waals surface area contributed by atoms with Gasteiger partial charge in [-0.15, -0.1) is 11.3 Å². The van der Waals surface area contributed by atoms with Crippen LogP contribution in [0.3, 0.4) is 0 Å². The van der Waals surface area contributed by atoms with Crippen LogP contribution in [0.5, 0.6) is 0 Å². The maximum Gasteiger partial charge on any atom is 0.350 e. The van der Waals surface area contributed by atoms with E-state index in [9.17, 15) is 14.4 Å². The number of hydrogen-bond donors (Lipinski definition) is 2. The molecule has 6 nitrogen and oxygen atoms in total. The Morgan fingerprint density at radius 3 is 2.83 bits per heavy atom. The van der Waals surface area contributed by atoms with Crippen molar-refractivity contribution in [2.24, 2.45) is 0 Å². The lowest BCUT2D eigenvalue weighted by Gasteiger charge is -2.12. The highest BCUT2D eigenvalue weighted by Gasteiger charge is 2.32. The van der Waals surface area contributed by atoms with Gasteiger partial charge in [-0.25, -0.2) is 4.79 Å². The molecule has 1 saturated heterocycles. The number of aryl methyl sites for hydroxylation is 1. The lowest BCUT2D eigenvalue weighted by molar-refractivity contribution is -0.124. The van der Waals surface area contributed by atoms with Gasteiger partial charge in [0.1, 0.15) is 10.9 Å². The first kappa shape index (κ1) is 12.6. The van der Waals surface area contributed by atoms with Crippen LogP contribution in [0.25, 0.3) is 0 Å². The van der Waals surface area contributed by atoms with Crippen LogP contribution in [0, 0.1) is 6.92 Å². The third-order valence-corrected chi connectivity index (χ3v) is 3.71. The van der Waals surface area contributed by atoms with Crippen molar-refractivity contribution in [1.29, 1.82) is 0 Å². The Balaban J connectivity index is 2.23. The van der Waals surface area contributed by atoms with E-state index >= 15 is 0 Å². The topological polar surface area (TPSA) is 84.5 Å². The van der Waals surface area contributed by atoms with Crippen molar-refractivity contribution in [3.05, 3.63) is 15.8 Å². The minimum atomic E-state index is -0.630. The molecule has 0 spiro atoms. The van der Waals surface area contributed by atoms with Crippen LogP contribution >= 0.6 is 11.3 Å². The number of ether oxygens (including phenoxy) is 1. The average molecular weight is 268 g/mol. The molecule has 2 rings (SSSR count). The lowest BCUT2D eigenvalue weighted by Crippen LogP contribution is -2.30. The van der Waals surface area contributed by atoms with E-state index in [2.05, 4.69) is 15.4 Å². The van der Waals surface area contributed by atoms with E-state index in [1.807, 2.05) is 6.92 Å². The molecule has 1 aliphatic rings. The van der Waals surface area contributed by atoms with Crippen molar-refractivity contribution in [3.8, 4) is 0 Å². The predicted molar refractivity (Wildman–Crippen MR) is 65.6 cm³/mol. The van der Waals surface area contributed by atoms with Crippen molar-refractivity contribution in [2.45, 2.75) is 19.4 Å². The van der Waals surface area contributed by atoms with Crippen molar-refractivity contribution in [1.82, 2.24) is 5.32 Å². The molecule has 0 aliphatic carbocycles. The van der Waals surface area contributed by atoms with E-state index < -0.39 is 12.0 Å². The number of amides is 2. The molecule has 0 radical (unpaired) electrons. The van der Waals surface area contributed by atoms with Crippen LogP contribution in [0.4, 0.5) is 5.69 Å². The van der Waals surface area contributed by atoms with Crippen molar-refractivity contribution >= 4 is 34.8 Å². The number of imide groups is 1. The fourth-order valence-electron chi connectivity index (χ4n) is 1.71. The Hall–Kier alpha value is -1.89. The number of carbonyl (C=O) groups is 3. The molecule has 96 valence electrons. The van der Waals surface area contributed by atoms with Gasteiger partial charge in [-0.3, -0.25) is 14.9 Å². The van der Waals surface area contributed by atoms with Gasteiger partial charge in [0.15, 0.2) is 0 Å². The second-order valence-electron chi connectivity index (χ2n) is 3.93. The molecule has 18 heavy (non-hydrogen) atoms. The first-order chi connectivity index (χ1) is 8.52. The van der Waals surface area contributed by atoms with Crippen LogP contribution in [0.2, 0.25) is 0 Å². The van der Waals surface area contributed by atoms with E-state index in [0.717, 1.165) is 5.56 Å². The zero-order valence-electron chi connectivity index (χ0n) is 9.90. The molecule has 1 atom stereocenters. The lowest BCUT2D eigenvalue weighted by atomic mass is 10.2. The van der Waals surface area contributed by atoms with E-state index in [1.165, 1.54) is 18.4 Å². The van der Waals surface area contributed by atoms with Crippen molar-refractivity contribution < 1.29 is 19.1 Å². The summed E-state index contributed by atoms with van der Waals surface area (Å²) >= 11 is 1.24. The van der Waals surface area contributed by atoms with Crippen molar-refractivity contribution in [2.75, 3.05) is 12.4 Å². The molecule has 1 unspecified atom stereocenters. The molecule has 0 aromatic carbocycles. The Morgan fingerprint density at radius 1 is 1.56 bits per heavy atom. The largest absolute Gasteiger partial charge is 0.465 e. The van der Waals surface area contributed by atoms with Crippen LogP contribution < -0.4 is 10.6 Å². The van der Waals surface area contributed by atoms with E-state index in [-0.39, 0.29) is 18.2 Å². The smallest absolute Gasteiger partial charge is 0.350 e. The average Bonchev–Trinajstić information content (AvgIpc) is 2.83. The third kappa shape index (κ3) is 2.21. The van der Waals surface area contributed by atoms with Crippen molar-refractivity contribution in [3.63, 3.8) is 0 Å². The summed E-state index contributed by atoms with van der Waals surface area (Å²) in [5.41, 5.74) is 1.40. The SMILES string of the molecule is COC(=O)c1scc(C)c1NC1CC(=O)NC1=O. The van der Waals surface area contributed by atoms with Gasteiger partial charge >= 0.3 is 5.97 Å². The predicted octanol–water partition coefficient (Wildman–Crippen LogP) is 0.670. The molecule has 1 aromatic rings. The summed E-state index contributed by atoms with van der Waals surface area (Å²) in [5, 5.41) is 6.93. The Morgan fingerprint density at radius 2 is 2.28 bits per heavy atom. The van der Waals surface area contributed by atoms with Crippen LogP contribution in [-0.2, 0) is 14.3 Å². The molecule has 1 aromatic heterocycles. The minimum absolute atomic E-state index is 0.0781. The van der Waals surface area contributed by atoms with Gasteiger partial charge in [-0.05, 0) is 17.9 Å². The molecular formula is C11H12N2O4S. The molecule has 1 aliphatic heterocycles. The normalized spacial score (nSPS) is 18.7. The maximum absolute atomic E-state index is 11.5. The minimum Gasteiger partial charge on any atom is -0.465 e. The second-order valence-corrected chi connectivity index (χ2v) is 4.81. The molecular weight excluding hydrogens is 256 g/mol. The monoisotopic (exact) mass is 268 g/mol. The number of anilines is 1. The highest BCUT2D eigenvalue weighted by molar-refractivity contribution is 7.12. The number of esters is 1. The first-order valence-electron chi connectivity index (χ1n) is 5.29. The molecule has 2 amide bonds. The van der Waals surface area contributed by atoms with Gasteiger partial charge in [0.25, 0.3) is 0 Å². The van der Waals surface area contributed by atoms with Crippen LogP contribution in [0.15, 0.2) is 5.38 Å². The summed E-state index contributed by atoms with van der Waals surface area (Å²) in [5.74, 6) is -1.15. The number of nitrogens with one attached hydrogen (secondary N) is 2. The number of thiophene rings is 1. The van der Waals surface area contributed by atoms with Gasteiger partial charge in [0, 0.05) is 0 Å². The second kappa shape index (κ2) is 4.77. The number of carbonyl (C=O) groups excluding carboxylic acids is 3. The first-order valence-corrected chi connectivity index (χ1v) is 6.17. The van der Waals surface area contributed by atoms with E-state index in [0.29, 0.717) is 10.6 Å². The Bertz CT molecular complexity index is 523. The molecule has 1 fully saturated rings. The van der Waals surface area contributed by atoms with Crippen LogP contribution in [-0.4, -0.2) is 30.9 Å². The van der Waals surface area contributed by atoms with Gasteiger partial charge in [0.05, 0.1) is 19.2 Å². The molecule has 0 bridgehead atoms. The number of rotatable bonds is 3. The Kier molecular flexibility index (Phi) is 3.33. The third-order valence-electron chi connectivity index (χ3n) is 2.63. The quantitative estimate of drug-likeness (QED) is 0.621. The van der Waals surface area contributed by atoms with E-state index in [1.54, 1.807) is 5.38 Å². The van der Waals surface area contributed by atoms with E-state index in [4.69, 9.17) is 0 Å². The van der Waals surface area contributed by atoms with Gasteiger partial charge in [0.2, 0.25) is 11.8 Å². The highest BCUT2D eigenvalue weighted by Crippen LogP contribution is 2.29. The van der Waals surface area contributed by atoms with Gasteiger partial charge in [-0.2, -0.15) is 0 Å². The van der Waals surface area contributed by atoms with Gasteiger partial charge in [-0.1, -0.05) is 0 Å². The standard InChI is InChI=1S/C11H12N2O4S/c1-5-4-18-9(11(16)17-2)8(5)12-6-3-7(14)13-10(6)15/h4,6,12H,3H2,1-2H3,(H,13,14,15). The molecule has 2 N–H and O–H groups in total. The fraction of sp³-hybridized carbons (Fsp3) is 0.364. The summed E-state index contributed by atoms with van der Waals surface area (Å²) in [6, 6.07) is -0.630. The number of methoxy groups -OCH3 is 1. The summed E-state index contributed by atoms with van der Waals surface area (Å²) in [4.78, 5) is 34.5. The summed E-state index contributed by atoms with van der Waals surface area (Å²) in [6.07, 6.45) is 0.0781. The Labute approximate surface area is 107 Å². The highest BCUT2D eigenvalue weighted by atomic mass is 32.1. The summed E-state index contributed by atoms with van der Waals surface area (Å²) < 4.78 is 4.67. The number of hydrogen-bond acceptors (Lipinski definition) is 6. The summed E-state index contributed by atoms with van der Waals surface area (Å²) in [7, 11) is 1.30. The fourth-order valence-corrected chi connectivity index (χ4v) is 2.64. The summed E-state index contributed by atoms with van der Waals surface area (Å²) in [6.45, 7) is 1.82. The zero-order chi connectivity index (χ0) is 13.3. The maximum atomic E-state index is 11.5. The van der Waals surface area contributed by atoms with Crippen LogP contribution in [0.1, 0.15) is 21.7 Å². The molecule has 0 saturated carbocycles.